The van der Waals surface area contributed by atoms with E-state index < -0.39 is 23.6 Å². The minimum atomic E-state index is -1.13. The lowest BCUT2D eigenvalue weighted by atomic mass is 10.1. The molecular weight excluding hydrogens is 278 g/mol. The standard InChI is InChI=1S/C15H12F2N2O2/c16-9-5-11(17)13-12(6-9)19(15(21)14(13)18)7-8-1-3-10(20)4-2-8/h1-6,14,20H,7,18H2. The Balaban J connectivity index is 2.01. The van der Waals surface area contributed by atoms with Gasteiger partial charge in [-0.1, -0.05) is 12.1 Å². The van der Waals surface area contributed by atoms with Gasteiger partial charge in [0.05, 0.1) is 12.2 Å². The third-order valence-electron chi connectivity index (χ3n) is 3.48. The molecule has 0 fully saturated rings. The Labute approximate surface area is 119 Å². The van der Waals surface area contributed by atoms with E-state index >= 15 is 0 Å². The van der Waals surface area contributed by atoms with E-state index in [2.05, 4.69) is 0 Å². The van der Waals surface area contributed by atoms with Crippen molar-refractivity contribution in [2.75, 3.05) is 4.90 Å². The number of fused-ring (bicyclic) bond motifs is 1. The predicted molar refractivity (Wildman–Crippen MR) is 72.6 cm³/mol. The minimum Gasteiger partial charge on any atom is -0.508 e. The summed E-state index contributed by atoms with van der Waals surface area (Å²) < 4.78 is 27.2. The summed E-state index contributed by atoms with van der Waals surface area (Å²) in [6.07, 6.45) is 0. The van der Waals surface area contributed by atoms with Gasteiger partial charge in [-0.05, 0) is 23.8 Å². The van der Waals surface area contributed by atoms with E-state index in [1.807, 2.05) is 0 Å². The second-order valence-electron chi connectivity index (χ2n) is 4.89. The molecule has 4 nitrogen and oxygen atoms in total. The first-order chi connectivity index (χ1) is 9.97. The number of carbonyl (C=O) groups excluding carboxylic acids is 1. The van der Waals surface area contributed by atoms with E-state index in [4.69, 9.17) is 5.73 Å². The van der Waals surface area contributed by atoms with Crippen LogP contribution in [0, 0.1) is 11.6 Å². The molecule has 1 atom stereocenters. The highest BCUT2D eigenvalue weighted by Gasteiger charge is 2.37. The SMILES string of the molecule is NC1C(=O)N(Cc2ccc(O)cc2)c2cc(F)cc(F)c21. The number of hydrogen-bond acceptors (Lipinski definition) is 3. The Hall–Kier alpha value is -2.47. The number of aromatic hydroxyl groups is 1. The van der Waals surface area contributed by atoms with Gasteiger partial charge in [0.15, 0.2) is 0 Å². The fraction of sp³-hybridized carbons (Fsp3) is 0.133. The lowest BCUT2D eigenvalue weighted by Gasteiger charge is -2.17. The summed E-state index contributed by atoms with van der Waals surface area (Å²) in [7, 11) is 0. The number of hydrogen-bond donors (Lipinski definition) is 2. The zero-order valence-corrected chi connectivity index (χ0v) is 10.9. The summed E-state index contributed by atoms with van der Waals surface area (Å²) in [6.45, 7) is 0.128. The maximum Gasteiger partial charge on any atom is 0.249 e. The van der Waals surface area contributed by atoms with Gasteiger partial charge in [-0.2, -0.15) is 0 Å². The molecule has 1 heterocycles. The molecule has 6 heteroatoms. The highest BCUT2D eigenvalue weighted by molar-refractivity contribution is 6.04. The van der Waals surface area contributed by atoms with Crippen LogP contribution >= 0.6 is 0 Å². The molecule has 1 unspecified atom stereocenters. The van der Waals surface area contributed by atoms with Crippen LogP contribution in [0.15, 0.2) is 36.4 Å². The molecule has 1 aliphatic rings. The molecule has 0 bridgehead atoms. The van der Waals surface area contributed by atoms with Gasteiger partial charge in [-0.15, -0.1) is 0 Å². The number of anilines is 1. The molecule has 0 saturated heterocycles. The molecule has 0 aromatic heterocycles. The third kappa shape index (κ3) is 2.23. The molecule has 108 valence electrons. The Bertz CT molecular complexity index is 716. The van der Waals surface area contributed by atoms with Gasteiger partial charge in [0.2, 0.25) is 5.91 Å². The van der Waals surface area contributed by atoms with Crippen LogP contribution in [0.25, 0.3) is 0 Å². The van der Waals surface area contributed by atoms with E-state index in [0.29, 0.717) is 5.56 Å². The van der Waals surface area contributed by atoms with E-state index in [0.717, 1.165) is 12.1 Å². The Morgan fingerprint density at radius 2 is 1.86 bits per heavy atom. The fourth-order valence-electron chi connectivity index (χ4n) is 2.46. The fourth-order valence-corrected chi connectivity index (χ4v) is 2.46. The van der Waals surface area contributed by atoms with Gasteiger partial charge in [-0.3, -0.25) is 4.79 Å². The molecule has 0 spiro atoms. The van der Waals surface area contributed by atoms with E-state index in [-0.39, 0.29) is 23.5 Å². The highest BCUT2D eigenvalue weighted by Crippen LogP contribution is 2.38. The van der Waals surface area contributed by atoms with Crippen molar-refractivity contribution in [1.29, 1.82) is 0 Å². The number of halogens is 2. The zero-order chi connectivity index (χ0) is 15.1. The first kappa shape index (κ1) is 13.5. The second kappa shape index (κ2) is 4.82. The van der Waals surface area contributed by atoms with Gasteiger partial charge >= 0.3 is 0 Å². The van der Waals surface area contributed by atoms with E-state index in [1.54, 1.807) is 12.1 Å². The van der Waals surface area contributed by atoms with Gasteiger partial charge in [0.25, 0.3) is 0 Å². The maximum absolute atomic E-state index is 13.8. The van der Waals surface area contributed by atoms with Crippen LogP contribution in [0.2, 0.25) is 0 Å². The molecule has 1 amide bonds. The van der Waals surface area contributed by atoms with Crippen molar-refractivity contribution in [3.8, 4) is 5.75 Å². The van der Waals surface area contributed by atoms with Crippen LogP contribution in [-0.2, 0) is 11.3 Å². The summed E-state index contributed by atoms with van der Waals surface area (Å²) in [5.74, 6) is -1.97. The molecular formula is C15H12F2N2O2. The zero-order valence-electron chi connectivity index (χ0n) is 10.9. The summed E-state index contributed by atoms with van der Waals surface area (Å²) in [6, 6.07) is 6.90. The molecule has 0 saturated carbocycles. The number of carbonyl (C=O) groups is 1. The molecule has 0 aliphatic carbocycles. The van der Waals surface area contributed by atoms with Crippen molar-refractivity contribution in [2.24, 2.45) is 5.73 Å². The summed E-state index contributed by atoms with van der Waals surface area (Å²) in [5, 5.41) is 9.24. The highest BCUT2D eigenvalue weighted by atomic mass is 19.1. The lowest BCUT2D eigenvalue weighted by Crippen LogP contribution is -2.31. The average Bonchev–Trinajstić information content (AvgIpc) is 2.66. The number of phenolic OH excluding ortho intramolecular Hbond substituents is 1. The van der Waals surface area contributed by atoms with Crippen molar-refractivity contribution >= 4 is 11.6 Å². The number of amides is 1. The summed E-state index contributed by atoms with van der Waals surface area (Å²) in [4.78, 5) is 13.4. The third-order valence-corrected chi connectivity index (χ3v) is 3.48. The van der Waals surface area contributed by atoms with Crippen LogP contribution < -0.4 is 10.6 Å². The Morgan fingerprint density at radius 3 is 2.52 bits per heavy atom. The van der Waals surface area contributed by atoms with Crippen LogP contribution in [0.3, 0.4) is 0 Å². The number of nitrogens with two attached hydrogens (primary N) is 1. The van der Waals surface area contributed by atoms with Crippen molar-refractivity contribution in [2.45, 2.75) is 12.6 Å². The van der Waals surface area contributed by atoms with Gasteiger partial charge < -0.3 is 15.7 Å². The number of rotatable bonds is 2. The normalized spacial score (nSPS) is 17.2. The molecule has 0 radical (unpaired) electrons. The molecule has 3 rings (SSSR count). The van der Waals surface area contributed by atoms with Crippen LogP contribution in [0.5, 0.6) is 5.75 Å². The first-order valence-electron chi connectivity index (χ1n) is 6.31. The van der Waals surface area contributed by atoms with Crippen LogP contribution in [0.1, 0.15) is 17.2 Å². The van der Waals surface area contributed by atoms with Crippen molar-refractivity contribution in [3.63, 3.8) is 0 Å². The Kier molecular flexibility index (Phi) is 3.10. The molecule has 2 aromatic carbocycles. The number of phenols is 1. The number of nitrogens with zero attached hydrogens (tertiary/aromatic N) is 1. The number of benzene rings is 2. The average molecular weight is 290 g/mol. The van der Waals surface area contributed by atoms with Gasteiger partial charge in [-0.25, -0.2) is 8.78 Å². The molecule has 2 aromatic rings. The topological polar surface area (TPSA) is 66.6 Å². The lowest BCUT2D eigenvalue weighted by molar-refractivity contribution is -0.119. The van der Waals surface area contributed by atoms with Crippen molar-refractivity contribution < 1.29 is 18.7 Å². The van der Waals surface area contributed by atoms with E-state index in [1.165, 1.54) is 17.0 Å². The predicted octanol–water partition coefficient (Wildman–Crippen LogP) is 2.22. The summed E-state index contributed by atoms with van der Waals surface area (Å²) in [5.41, 5.74) is 6.59. The smallest absolute Gasteiger partial charge is 0.249 e. The quantitative estimate of drug-likeness (QED) is 0.891. The van der Waals surface area contributed by atoms with E-state index in [9.17, 15) is 18.7 Å². The maximum atomic E-state index is 13.8. The van der Waals surface area contributed by atoms with Gasteiger partial charge in [0, 0.05) is 11.6 Å². The Morgan fingerprint density at radius 1 is 1.19 bits per heavy atom. The second-order valence-corrected chi connectivity index (χ2v) is 4.89. The minimum absolute atomic E-state index is 0.0141. The van der Waals surface area contributed by atoms with Crippen LogP contribution in [-0.4, -0.2) is 11.0 Å². The first-order valence-corrected chi connectivity index (χ1v) is 6.31. The molecule has 1 aliphatic heterocycles. The molecule has 3 N–H and O–H groups in total. The molecule has 21 heavy (non-hydrogen) atoms. The van der Waals surface area contributed by atoms with Crippen molar-refractivity contribution in [3.05, 3.63) is 59.2 Å². The summed E-state index contributed by atoms with van der Waals surface area (Å²) >= 11 is 0. The van der Waals surface area contributed by atoms with Crippen molar-refractivity contribution in [1.82, 2.24) is 0 Å². The van der Waals surface area contributed by atoms with Gasteiger partial charge in [0.1, 0.15) is 23.4 Å². The van der Waals surface area contributed by atoms with Crippen LogP contribution in [0.4, 0.5) is 14.5 Å². The largest absolute Gasteiger partial charge is 0.508 e. The monoisotopic (exact) mass is 290 g/mol.